The maximum absolute atomic E-state index is 6.05. The third kappa shape index (κ3) is 3.80. The summed E-state index contributed by atoms with van der Waals surface area (Å²) in [7, 11) is 0. The molecule has 1 aliphatic rings. The highest BCUT2D eigenvalue weighted by molar-refractivity contribution is 7.12. The van der Waals surface area contributed by atoms with Gasteiger partial charge in [0.25, 0.3) is 0 Å². The zero-order valence-corrected chi connectivity index (χ0v) is 13.4. The molecule has 0 bridgehead atoms. The first kappa shape index (κ1) is 15.0. The molecule has 3 heteroatoms. The molecule has 1 saturated carbocycles. The Bertz CT molecular complexity index is 383. The fraction of sp³-hybridized carbons (Fsp3) is 0.750. The van der Waals surface area contributed by atoms with Crippen LogP contribution in [0.4, 0.5) is 0 Å². The van der Waals surface area contributed by atoms with Crippen LogP contribution in [-0.4, -0.2) is 13.1 Å². The van der Waals surface area contributed by atoms with Crippen LogP contribution in [0, 0.1) is 25.2 Å². The number of nitrogens with two attached hydrogens (primary N) is 1. The van der Waals surface area contributed by atoms with Gasteiger partial charge in [-0.15, -0.1) is 11.3 Å². The number of hydrogen-bond acceptors (Lipinski definition) is 3. The van der Waals surface area contributed by atoms with E-state index in [1.807, 2.05) is 11.3 Å². The van der Waals surface area contributed by atoms with Gasteiger partial charge in [0.15, 0.2) is 0 Å². The second-order valence-corrected chi connectivity index (χ2v) is 7.78. The van der Waals surface area contributed by atoms with E-state index >= 15 is 0 Å². The van der Waals surface area contributed by atoms with Gasteiger partial charge in [0.1, 0.15) is 0 Å². The molecule has 0 radical (unpaired) electrons. The van der Waals surface area contributed by atoms with Gasteiger partial charge in [-0.3, -0.25) is 0 Å². The largest absolute Gasteiger partial charge is 0.330 e. The topological polar surface area (TPSA) is 38.0 Å². The molecule has 0 spiro atoms. The number of rotatable bonds is 5. The van der Waals surface area contributed by atoms with E-state index in [9.17, 15) is 0 Å². The fourth-order valence-electron chi connectivity index (χ4n) is 3.02. The van der Waals surface area contributed by atoms with E-state index < -0.39 is 0 Å². The normalized spacial score (nSPS) is 27.7. The Morgan fingerprint density at radius 1 is 1.37 bits per heavy atom. The predicted octanol–water partition coefficient (Wildman–Crippen LogP) is 3.61. The Morgan fingerprint density at radius 3 is 2.58 bits per heavy atom. The first-order chi connectivity index (χ1) is 9.04. The van der Waals surface area contributed by atoms with Crippen LogP contribution in [0.2, 0.25) is 0 Å². The monoisotopic (exact) mass is 280 g/mol. The van der Waals surface area contributed by atoms with Crippen molar-refractivity contribution in [2.24, 2.45) is 17.1 Å². The predicted molar refractivity (Wildman–Crippen MR) is 84.6 cm³/mol. The summed E-state index contributed by atoms with van der Waals surface area (Å²) in [6, 6.07) is 2.31. The van der Waals surface area contributed by atoms with Crippen molar-refractivity contribution in [3.8, 4) is 0 Å². The molecule has 0 amide bonds. The lowest BCUT2D eigenvalue weighted by Gasteiger charge is -2.38. The van der Waals surface area contributed by atoms with Crippen LogP contribution in [0.15, 0.2) is 6.07 Å². The van der Waals surface area contributed by atoms with E-state index in [2.05, 4.69) is 32.2 Å². The first-order valence-electron chi connectivity index (χ1n) is 7.51. The highest BCUT2D eigenvalue weighted by Crippen LogP contribution is 2.37. The van der Waals surface area contributed by atoms with E-state index in [1.54, 1.807) is 0 Å². The summed E-state index contributed by atoms with van der Waals surface area (Å²) in [4.78, 5) is 2.89. The average molecular weight is 280 g/mol. The molecule has 1 heterocycles. The summed E-state index contributed by atoms with van der Waals surface area (Å²) >= 11 is 1.91. The fourth-order valence-corrected chi connectivity index (χ4v) is 4.04. The van der Waals surface area contributed by atoms with E-state index in [0.29, 0.717) is 5.41 Å². The minimum Gasteiger partial charge on any atom is -0.330 e. The van der Waals surface area contributed by atoms with Crippen molar-refractivity contribution >= 4 is 11.3 Å². The molecule has 2 rings (SSSR count). The lowest BCUT2D eigenvalue weighted by molar-refractivity contribution is 0.159. The number of hydrogen-bond donors (Lipinski definition) is 2. The Kier molecular flexibility index (Phi) is 5.04. The minimum atomic E-state index is 0.355. The molecule has 1 aliphatic carbocycles. The van der Waals surface area contributed by atoms with Gasteiger partial charge in [-0.05, 0) is 56.2 Å². The zero-order valence-electron chi connectivity index (χ0n) is 12.6. The number of aryl methyl sites for hydroxylation is 2. The average Bonchev–Trinajstić information content (AvgIpc) is 2.71. The summed E-state index contributed by atoms with van der Waals surface area (Å²) in [6.07, 6.45) is 5.27. The molecule has 1 fully saturated rings. The lowest BCUT2D eigenvalue weighted by Crippen LogP contribution is -2.42. The molecule has 108 valence electrons. The van der Waals surface area contributed by atoms with Crippen molar-refractivity contribution in [2.45, 2.75) is 53.0 Å². The van der Waals surface area contributed by atoms with Gasteiger partial charge in [0.05, 0.1) is 0 Å². The SMILES string of the molecule is Cc1cc(CNCC2(CN)CCC(C)CC2)sc1C. The van der Waals surface area contributed by atoms with Crippen LogP contribution in [0.5, 0.6) is 0 Å². The summed E-state index contributed by atoms with van der Waals surface area (Å²) in [5.74, 6) is 0.891. The molecule has 3 N–H and O–H groups in total. The molecule has 0 unspecified atom stereocenters. The standard InChI is InChI=1S/C16H28N2S/c1-12-4-6-16(10-17,7-5-12)11-18-9-15-8-13(2)14(3)19-15/h8,12,18H,4-7,9-11,17H2,1-3H3. The molecule has 1 aromatic heterocycles. The van der Waals surface area contributed by atoms with Crippen LogP contribution in [0.3, 0.4) is 0 Å². The second-order valence-electron chi connectivity index (χ2n) is 6.44. The van der Waals surface area contributed by atoms with Gasteiger partial charge in [-0.25, -0.2) is 0 Å². The molecule has 0 aromatic carbocycles. The molecular formula is C16H28N2S. The molecule has 1 aromatic rings. The van der Waals surface area contributed by atoms with Crippen molar-refractivity contribution in [1.82, 2.24) is 5.32 Å². The second kappa shape index (κ2) is 6.38. The first-order valence-corrected chi connectivity index (χ1v) is 8.33. The third-order valence-electron chi connectivity index (χ3n) is 4.78. The summed E-state index contributed by atoms with van der Waals surface area (Å²) in [5.41, 5.74) is 7.83. The van der Waals surface area contributed by atoms with Crippen LogP contribution in [0.25, 0.3) is 0 Å². The molecule has 0 saturated heterocycles. The van der Waals surface area contributed by atoms with Gasteiger partial charge in [-0.2, -0.15) is 0 Å². The third-order valence-corrected chi connectivity index (χ3v) is 5.94. The highest BCUT2D eigenvalue weighted by Gasteiger charge is 2.32. The van der Waals surface area contributed by atoms with E-state index in [0.717, 1.165) is 25.6 Å². The van der Waals surface area contributed by atoms with Crippen LogP contribution >= 0.6 is 11.3 Å². The van der Waals surface area contributed by atoms with Crippen LogP contribution < -0.4 is 11.1 Å². The molecule has 0 aliphatic heterocycles. The molecule has 19 heavy (non-hydrogen) atoms. The van der Waals surface area contributed by atoms with Crippen LogP contribution in [0.1, 0.15) is 47.9 Å². The quantitative estimate of drug-likeness (QED) is 0.864. The van der Waals surface area contributed by atoms with Gasteiger partial charge >= 0.3 is 0 Å². The van der Waals surface area contributed by atoms with Gasteiger partial charge in [0, 0.05) is 22.8 Å². The van der Waals surface area contributed by atoms with Gasteiger partial charge in [-0.1, -0.05) is 19.8 Å². The zero-order chi connectivity index (χ0) is 13.9. The number of nitrogens with one attached hydrogen (secondary N) is 1. The van der Waals surface area contributed by atoms with E-state index in [1.165, 1.54) is 41.0 Å². The highest BCUT2D eigenvalue weighted by atomic mass is 32.1. The Labute approximate surface area is 121 Å². The van der Waals surface area contributed by atoms with Gasteiger partial charge < -0.3 is 11.1 Å². The Morgan fingerprint density at radius 2 is 2.05 bits per heavy atom. The molecule has 2 nitrogen and oxygen atoms in total. The lowest BCUT2D eigenvalue weighted by atomic mass is 9.71. The van der Waals surface area contributed by atoms with E-state index in [4.69, 9.17) is 5.73 Å². The van der Waals surface area contributed by atoms with Gasteiger partial charge in [0.2, 0.25) is 0 Å². The summed E-state index contributed by atoms with van der Waals surface area (Å²) in [5, 5.41) is 3.65. The van der Waals surface area contributed by atoms with Crippen LogP contribution in [-0.2, 0) is 6.54 Å². The molecular weight excluding hydrogens is 252 g/mol. The summed E-state index contributed by atoms with van der Waals surface area (Å²) in [6.45, 7) is 9.66. The maximum atomic E-state index is 6.05. The van der Waals surface area contributed by atoms with Crippen molar-refractivity contribution < 1.29 is 0 Å². The van der Waals surface area contributed by atoms with Crippen molar-refractivity contribution in [3.05, 3.63) is 21.4 Å². The smallest absolute Gasteiger partial charge is 0.0300 e. The number of thiophene rings is 1. The van der Waals surface area contributed by atoms with Crippen molar-refractivity contribution in [1.29, 1.82) is 0 Å². The Balaban J connectivity index is 1.83. The van der Waals surface area contributed by atoms with E-state index in [-0.39, 0.29) is 0 Å². The summed E-state index contributed by atoms with van der Waals surface area (Å²) < 4.78 is 0. The Hall–Kier alpha value is -0.380. The maximum Gasteiger partial charge on any atom is 0.0300 e. The minimum absolute atomic E-state index is 0.355. The van der Waals surface area contributed by atoms with Crippen molar-refractivity contribution in [2.75, 3.05) is 13.1 Å². The van der Waals surface area contributed by atoms with Crippen molar-refractivity contribution in [3.63, 3.8) is 0 Å². The molecule has 0 atom stereocenters.